The van der Waals surface area contributed by atoms with Crippen LogP contribution >= 0.6 is 21.6 Å². The van der Waals surface area contributed by atoms with E-state index in [2.05, 4.69) is 15.6 Å². The number of pyridine rings is 1. The molecule has 0 atom stereocenters. The zero-order chi connectivity index (χ0) is 19.2. The second-order valence-corrected chi connectivity index (χ2v) is 8.25. The molecule has 0 aliphatic carbocycles. The lowest BCUT2D eigenvalue weighted by Crippen LogP contribution is -2.23. The minimum absolute atomic E-state index is 0.143. The molecule has 2 amide bonds. The summed E-state index contributed by atoms with van der Waals surface area (Å²) in [5, 5.41) is 6.68. The normalized spacial score (nSPS) is 10.6. The van der Waals surface area contributed by atoms with Gasteiger partial charge in [-0.3, -0.25) is 14.6 Å². The van der Waals surface area contributed by atoms with Crippen molar-refractivity contribution in [3.63, 3.8) is 0 Å². The molecule has 0 aliphatic heterocycles. The number of nitrogens with zero attached hydrogens (tertiary/aromatic N) is 1. The van der Waals surface area contributed by atoms with Crippen LogP contribution in [0.15, 0.2) is 59.6 Å². The van der Waals surface area contributed by atoms with Gasteiger partial charge in [-0.15, -0.1) is 0 Å². The fourth-order valence-electron chi connectivity index (χ4n) is 2.70. The van der Waals surface area contributed by atoms with Crippen molar-refractivity contribution < 1.29 is 9.59 Å². The highest BCUT2D eigenvalue weighted by atomic mass is 33.1. The van der Waals surface area contributed by atoms with E-state index in [0.717, 1.165) is 21.4 Å². The summed E-state index contributed by atoms with van der Waals surface area (Å²) in [5.41, 5.74) is 3.18. The first-order valence-corrected chi connectivity index (χ1v) is 10.9. The molecule has 138 valence electrons. The molecule has 1 aromatic heterocycles. The Hall–Kier alpha value is -2.51. The molecule has 0 saturated carbocycles. The monoisotopic (exact) mass is 397 g/mol. The van der Waals surface area contributed by atoms with Gasteiger partial charge < -0.3 is 10.6 Å². The van der Waals surface area contributed by atoms with E-state index in [-0.39, 0.29) is 11.8 Å². The first-order valence-electron chi connectivity index (χ1n) is 8.31. The number of fused-ring (bicyclic) bond motifs is 1. The lowest BCUT2D eigenvalue weighted by Gasteiger charge is -2.11. The maximum absolute atomic E-state index is 12.4. The number of hydrogen-bond donors (Lipinski definition) is 2. The smallest absolute Gasteiger partial charge is 0.251 e. The zero-order valence-electron chi connectivity index (χ0n) is 15.0. The Balaban J connectivity index is 1.74. The van der Waals surface area contributed by atoms with Gasteiger partial charge >= 0.3 is 0 Å². The van der Waals surface area contributed by atoms with Crippen molar-refractivity contribution in [2.75, 3.05) is 11.6 Å². The Morgan fingerprint density at radius 1 is 1.07 bits per heavy atom. The highest BCUT2D eigenvalue weighted by Crippen LogP contribution is 2.34. The van der Waals surface area contributed by atoms with Crippen molar-refractivity contribution in [3.8, 4) is 0 Å². The summed E-state index contributed by atoms with van der Waals surface area (Å²) >= 11 is 0. The van der Waals surface area contributed by atoms with Gasteiger partial charge in [0.15, 0.2) is 0 Å². The van der Waals surface area contributed by atoms with Crippen LogP contribution in [0.2, 0.25) is 0 Å². The van der Waals surface area contributed by atoms with Crippen molar-refractivity contribution in [1.82, 2.24) is 10.3 Å². The molecule has 0 saturated heterocycles. The van der Waals surface area contributed by atoms with Gasteiger partial charge in [-0.2, -0.15) is 0 Å². The molecule has 0 radical (unpaired) electrons. The minimum Gasteiger partial charge on any atom is -0.348 e. The standard InChI is InChI=1S/C20H19N3O2S2/c1-13(24)23-16-8-5-14(6-9-16)20(25)22-12-15-7-10-18(27-26-2)19-17(15)4-3-11-21-19/h3-11H,12H2,1-2H3,(H,22,25)(H,23,24). The predicted octanol–water partition coefficient (Wildman–Crippen LogP) is 4.49. The lowest BCUT2D eigenvalue weighted by molar-refractivity contribution is -0.114. The van der Waals surface area contributed by atoms with Gasteiger partial charge in [0.2, 0.25) is 5.91 Å². The van der Waals surface area contributed by atoms with Crippen LogP contribution in [0.1, 0.15) is 22.8 Å². The second kappa shape index (κ2) is 8.92. The van der Waals surface area contributed by atoms with Crippen LogP contribution in [0, 0.1) is 0 Å². The Morgan fingerprint density at radius 3 is 2.56 bits per heavy atom. The first-order chi connectivity index (χ1) is 13.1. The summed E-state index contributed by atoms with van der Waals surface area (Å²) in [7, 11) is 3.35. The predicted molar refractivity (Wildman–Crippen MR) is 113 cm³/mol. The van der Waals surface area contributed by atoms with Gasteiger partial charge in [0, 0.05) is 41.2 Å². The number of rotatable bonds is 6. The topological polar surface area (TPSA) is 71.1 Å². The van der Waals surface area contributed by atoms with E-state index in [1.54, 1.807) is 52.1 Å². The SMILES string of the molecule is CSSc1ccc(CNC(=O)c2ccc(NC(C)=O)cc2)c2cccnc12. The number of aromatic nitrogens is 1. The van der Waals surface area contributed by atoms with E-state index in [9.17, 15) is 9.59 Å². The quantitative estimate of drug-likeness (QED) is 0.600. The number of carbonyl (C=O) groups is 2. The largest absolute Gasteiger partial charge is 0.348 e. The molecule has 0 fully saturated rings. The van der Waals surface area contributed by atoms with Crippen molar-refractivity contribution >= 4 is 50.0 Å². The van der Waals surface area contributed by atoms with Crippen LogP contribution in [0.3, 0.4) is 0 Å². The van der Waals surface area contributed by atoms with E-state index in [1.807, 2.05) is 30.5 Å². The Morgan fingerprint density at radius 2 is 1.85 bits per heavy atom. The summed E-state index contributed by atoms with van der Waals surface area (Å²) in [6.45, 7) is 1.86. The summed E-state index contributed by atoms with van der Waals surface area (Å²) in [6, 6.07) is 14.8. The molecular weight excluding hydrogens is 378 g/mol. The molecule has 2 N–H and O–H groups in total. The number of benzene rings is 2. The number of nitrogens with one attached hydrogen (secondary N) is 2. The van der Waals surface area contributed by atoms with Gasteiger partial charge in [0.05, 0.1) is 5.52 Å². The average Bonchev–Trinajstić information content (AvgIpc) is 2.67. The van der Waals surface area contributed by atoms with Crippen LogP contribution in [-0.4, -0.2) is 23.1 Å². The van der Waals surface area contributed by atoms with Crippen molar-refractivity contribution in [3.05, 3.63) is 65.9 Å². The fraction of sp³-hybridized carbons (Fsp3) is 0.150. The molecule has 1 heterocycles. The molecule has 3 aromatic rings. The van der Waals surface area contributed by atoms with E-state index >= 15 is 0 Å². The summed E-state index contributed by atoms with van der Waals surface area (Å²) < 4.78 is 0. The Labute approximate surface area is 165 Å². The van der Waals surface area contributed by atoms with Crippen LogP contribution in [0.25, 0.3) is 10.9 Å². The maximum Gasteiger partial charge on any atom is 0.251 e. The van der Waals surface area contributed by atoms with Crippen molar-refractivity contribution in [2.45, 2.75) is 18.4 Å². The number of anilines is 1. The van der Waals surface area contributed by atoms with E-state index < -0.39 is 0 Å². The molecule has 27 heavy (non-hydrogen) atoms. The molecule has 2 aromatic carbocycles. The number of hydrogen-bond acceptors (Lipinski definition) is 5. The molecule has 0 bridgehead atoms. The van der Waals surface area contributed by atoms with Gasteiger partial charge in [0.25, 0.3) is 5.91 Å². The average molecular weight is 398 g/mol. The first kappa shape index (κ1) is 19.3. The van der Waals surface area contributed by atoms with Crippen LogP contribution in [0.5, 0.6) is 0 Å². The number of amides is 2. The minimum atomic E-state index is -0.163. The van der Waals surface area contributed by atoms with Gasteiger partial charge in [-0.25, -0.2) is 0 Å². The Kier molecular flexibility index (Phi) is 6.36. The van der Waals surface area contributed by atoms with Gasteiger partial charge in [-0.1, -0.05) is 33.7 Å². The molecule has 3 rings (SSSR count). The van der Waals surface area contributed by atoms with Gasteiger partial charge in [0.1, 0.15) is 0 Å². The molecule has 0 unspecified atom stereocenters. The van der Waals surface area contributed by atoms with Crippen LogP contribution in [0.4, 0.5) is 5.69 Å². The third-order valence-electron chi connectivity index (χ3n) is 3.90. The maximum atomic E-state index is 12.4. The fourth-order valence-corrected chi connectivity index (χ4v) is 4.19. The van der Waals surface area contributed by atoms with E-state index in [4.69, 9.17) is 0 Å². The molecule has 5 nitrogen and oxygen atoms in total. The number of carbonyl (C=O) groups excluding carboxylic acids is 2. The third-order valence-corrected chi connectivity index (χ3v) is 5.62. The molecular formula is C20H19N3O2S2. The highest BCUT2D eigenvalue weighted by Gasteiger charge is 2.10. The van der Waals surface area contributed by atoms with Crippen LogP contribution < -0.4 is 10.6 Å². The third kappa shape index (κ3) is 4.81. The van der Waals surface area contributed by atoms with Crippen molar-refractivity contribution in [2.24, 2.45) is 0 Å². The van der Waals surface area contributed by atoms with E-state index in [1.165, 1.54) is 6.92 Å². The summed E-state index contributed by atoms with van der Waals surface area (Å²) in [6.07, 6.45) is 3.82. The zero-order valence-corrected chi connectivity index (χ0v) is 16.6. The summed E-state index contributed by atoms with van der Waals surface area (Å²) in [5.74, 6) is -0.306. The highest BCUT2D eigenvalue weighted by molar-refractivity contribution is 8.76. The Bertz CT molecular complexity index is 975. The molecule has 0 aliphatic rings. The molecule has 0 spiro atoms. The second-order valence-electron chi connectivity index (χ2n) is 5.81. The van der Waals surface area contributed by atoms with Crippen LogP contribution in [-0.2, 0) is 11.3 Å². The van der Waals surface area contributed by atoms with Crippen molar-refractivity contribution in [1.29, 1.82) is 0 Å². The molecule has 7 heteroatoms. The summed E-state index contributed by atoms with van der Waals surface area (Å²) in [4.78, 5) is 29.1. The van der Waals surface area contributed by atoms with Gasteiger partial charge in [-0.05, 0) is 48.2 Å². The van der Waals surface area contributed by atoms with E-state index in [0.29, 0.717) is 17.8 Å². The lowest BCUT2D eigenvalue weighted by atomic mass is 10.1.